The smallest absolute Gasteiger partial charge is 0.0831 e. The molecule has 0 unspecified atom stereocenters. The number of aliphatic imine (C=N–C) groups is 1. The van der Waals surface area contributed by atoms with Crippen molar-refractivity contribution in [3.8, 4) is 0 Å². The van der Waals surface area contributed by atoms with Crippen LogP contribution in [0, 0.1) is 0 Å². The molecule has 0 saturated carbocycles. The van der Waals surface area contributed by atoms with Crippen LogP contribution in [0.2, 0.25) is 0 Å². The summed E-state index contributed by atoms with van der Waals surface area (Å²) >= 11 is 0. The lowest BCUT2D eigenvalue weighted by molar-refractivity contribution is 0.612. The highest BCUT2D eigenvalue weighted by atomic mass is 15.5. The number of hydrazone groups is 1. The van der Waals surface area contributed by atoms with Gasteiger partial charge in [0.2, 0.25) is 0 Å². The molecule has 0 amide bonds. The van der Waals surface area contributed by atoms with Crippen molar-refractivity contribution in [1.29, 1.82) is 0 Å². The van der Waals surface area contributed by atoms with Gasteiger partial charge in [0.1, 0.15) is 0 Å². The first-order valence-electron chi connectivity index (χ1n) is 12.4. The van der Waals surface area contributed by atoms with Crippen molar-refractivity contribution in [2.24, 2.45) is 10.1 Å². The summed E-state index contributed by atoms with van der Waals surface area (Å²) in [5.74, 6) is 0. The maximum Gasteiger partial charge on any atom is 0.0831 e. The van der Waals surface area contributed by atoms with Gasteiger partial charge in [-0.25, -0.2) is 0 Å². The molecule has 1 heterocycles. The van der Waals surface area contributed by atoms with Gasteiger partial charge in [-0.05, 0) is 35.2 Å². The van der Waals surface area contributed by atoms with Crippen molar-refractivity contribution < 1.29 is 0 Å². The summed E-state index contributed by atoms with van der Waals surface area (Å²) in [6, 6.07) is 30.0. The van der Waals surface area contributed by atoms with Crippen LogP contribution in [0.4, 0.5) is 5.69 Å². The number of hydrogen-bond donors (Lipinski definition) is 0. The van der Waals surface area contributed by atoms with Gasteiger partial charge in [-0.15, -0.1) is 0 Å². The first-order valence-corrected chi connectivity index (χ1v) is 12.4. The van der Waals surface area contributed by atoms with Crippen LogP contribution in [0.3, 0.4) is 0 Å². The molecule has 1 aliphatic rings. The highest BCUT2D eigenvalue weighted by molar-refractivity contribution is 6.03. The molecule has 0 fully saturated rings. The molecule has 0 spiro atoms. The zero-order valence-electron chi connectivity index (χ0n) is 19.7. The Kier molecular flexibility index (Phi) is 8.46. The Morgan fingerprint density at radius 1 is 0.818 bits per heavy atom. The minimum atomic E-state index is 0.202. The van der Waals surface area contributed by atoms with Gasteiger partial charge >= 0.3 is 0 Å². The summed E-state index contributed by atoms with van der Waals surface area (Å²) in [6.45, 7) is 3.18. The van der Waals surface area contributed by atoms with Crippen LogP contribution in [-0.4, -0.2) is 18.5 Å². The molecular formula is C30H35N3. The van der Waals surface area contributed by atoms with Gasteiger partial charge in [0.05, 0.1) is 17.4 Å². The van der Waals surface area contributed by atoms with Crippen LogP contribution >= 0.6 is 0 Å². The number of benzene rings is 3. The zero-order chi connectivity index (χ0) is 22.7. The second-order valence-corrected chi connectivity index (χ2v) is 8.78. The fourth-order valence-electron chi connectivity index (χ4n) is 4.35. The monoisotopic (exact) mass is 437 g/mol. The molecule has 170 valence electrons. The molecule has 1 atom stereocenters. The number of unbranched alkanes of at least 4 members (excludes halogenated alkanes) is 5. The van der Waals surface area contributed by atoms with Crippen LogP contribution in [-0.2, 0) is 0 Å². The average Bonchev–Trinajstić information content (AvgIpc) is 3.33. The van der Waals surface area contributed by atoms with Crippen molar-refractivity contribution in [1.82, 2.24) is 0 Å². The quantitative estimate of drug-likeness (QED) is 0.222. The first-order chi connectivity index (χ1) is 16.3. The SMILES string of the molecule is CCCCCCCCN=Cc1ccc(N2N=C(c3ccccc3)C[C@@H]2c2ccccc2)cc1. The molecule has 0 N–H and O–H groups in total. The van der Waals surface area contributed by atoms with Crippen molar-refractivity contribution >= 4 is 17.6 Å². The topological polar surface area (TPSA) is 28.0 Å². The third-order valence-corrected chi connectivity index (χ3v) is 6.24. The van der Waals surface area contributed by atoms with E-state index in [2.05, 4.69) is 102 Å². The van der Waals surface area contributed by atoms with Gasteiger partial charge < -0.3 is 0 Å². The Morgan fingerprint density at radius 2 is 1.48 bits per heavy atom. The van der Waals surface area contributed by atoms with Gasteiger partial charge in [0, 0.05) is 19.2 Å². The standard InChI is InChI=1S/C30H35N3/c1-2-3-4-5-6-13-22-31-24-25-18-20-28(21-19-25)33-30(27-16-11-8-12-17-27)23-29(32-33)26-14-9-7-10-15-26/h7-12,14-21,24,30H,2-6,13,22-23H2,1H3/t30-/m1/s1. The average molecular weight is 438 g/mol. The lowest BCUT2D eigenvalue weighted by Crippen LogP contribution is -2.18. The summed E-state index contributed by atoms with van der Waals surface area (Å²) in [5, 5.41) is 7.22. The Labute approximate surface area is 198 Å². The normalized spacial score (nSPS) is 15.8. The minimum absolute atomic E-state index is 0.202. The Hall–Kier alpha value is -3.20. The summed E-state index contributed by atoms with van der Waals surface area (Å²) in [5.41, 5.74) is 5.88. The molecule has 4 rings (SSSR count). The Balaban J connectivity index is 1.43. The van der Waals surface area contributed by atoms with E-state index in [-0.39, 0.29) is 6.04 Å². The molecule has 3 aromatic rings. The number of anilines is 1. The highest BCUT2D eigenvalue weighted by Crippen LogP contribution is 2.36. The first kappa shape index (κ1) is 23.0. The summed E-state index contributed by atoms with van der Waals surface area (Å²) in [6.07, 6.45) is 10.7. The fourth-order valence-corrected chi connectivity index (χ4v) is 4.35. The van der Waals surface area contributed by atoms with Crippen LogP contribution < -0.4 is 5.01 Å². The number of hydrogen-bond acceptors (Lipinski definition) is 3. The largest absolute Gasteiger partial charge is 0.293 e. The van der Waals surface area contributed by atoms with Gasteiger partial charge in [-0.1, -0.05) is 112 Å². The Morgan fingerprint density at radius 3 is 2.21 bits per heavy atom. The van der Waals surface area contributed by atoms with E-state index in [9.17, 15) is 0 Å². The molecular weight excluding hydrogens is 402 g/mol. The molecule has 0 aromatic heterocycles. The van der Waals surface area contributed by atoms with Gasteiger partial charge in [0.15, 0.2) is 0 Å². The summed E-state index contributed by atoms with van der Waals surface area (Å²) in [4.78, 5) is 4.63. The predicted octanol–water partition coefficient (Wildman–Crippen LogP) is 7.82. The number of nitrogens with zero attached hydrogens (tertiary/aromatic N) is 3. The molecule has 3 nitrogen and oxygen atoms in total. The van der Waals surface area contributed by atoms with Crippen LogP contribution in [0.5, 0.6) is 0 Å². The Bertz CT molecular complexity index is 1020. The summed E-state index contributed by atoms with van der Waals surface area (Å²) in [7, 11) is 0. The molecule has 0 aliphatic carbocycles. The van der Waals surface area contributed by atoms with Gasteiger partial charge in [-0.3, -0.25) is 10.0 Å². The van der Waals surface area contributed by atoms with E-state index in [0.717, 1.165) is 29.9 Å². The lowest BCUT2D eigenvalue weighted by atomic mass is 9.98. The molecule has 3 heteroatoms. The molecule has 0 bridgehead atoms. The molecule has 3 aromatic carbocycles. The van der Waals surface area contributed by atoms with E-state index in [1.54, 1.807) is 0 Å². The van der Waals surface area contributed by atoms with E-state index in [1.807, 2.05) is 6.21 Å². The molecule has 1 aliphatic heterocycles. The van der Waals surface area contributed by atoms with Crippen molar-refractivity contribution in [3.63, 3.8) is 0 Å². The minimum Gasteiger partial charge on any atom is -0.293 e. The van der Waals surface area contributed by atoms with Crippen LogP contribution in [0.1, 0.15) is 74.6 Å². The van der Waals surface area contributed by atoms with E-state index in [1.165, 1.54) is 49.7 Å². The number of rotatable bonds is 11. The molecule has 33 heavy (non-hydrogen) atoms. The maximum absolute atomic E-state index is 5.05. The third kappa shape index (κ3) is 6.41. The van der Waals surface area contributed by atoms with E-state index in [0.29, 0.717) is 0 Å². The van der Waals surface area contributed by atoms with E-state index < -0.39 is 0 Å². The maximum atomic E-state index is 5.05. The second kappa shape index (κ2) is 12.2. The zero-order valence-corrected chi connectivity index (χ0v) is 19.7. The van der Waals surface area contributed by atoms with Gasteiger partial charge in [0.25, 0.3) is 0 Å². The lowest BCUT2D eigenvalue weighted by Gasteiger charge is -2.24. The van der Waals surface area contributed by atoms with Crippen molar-refractivity contribution in [2.75, 3.05) is 11.6 Å². The fraction of sp³-hybridized carbons (Fsp3) is 0.333. The third-order valence-electron chi connectivity index (χ3n) is 6.24. The summed E-state index contributed by atoms with van der Waals surface area (Å²) < 4.78 is 0. The van der Waals surface area contributed by atoms with Crippen LogP contribution in [0.25, 0.3) is 0 Å². The second-order valence-electron chi connectivity index (χ2n) is 8.78. The van der Waals surface area contributed by atoms with Gasteiger partial charge in [-0.2, -0.15) is 5.10 Å². The van der Waals surface area contributed by atoms with Crippen molar-refractivity contribution in [3.05, 3.63) is 102 Å². The molecule has 0 saturated heterocycles. The van der Waals surface area contributed by atoms with E-state index >= 15 is 0 Å². The van der Waals surface area contributed by atoms with Crippen LogP contribution in [0.15, 0.2) is 95.0 Å². The highest BCUT2D eigenvalue weighted by Gasteiger charge is 2.29. The molecule has 0 radical (unpaired) electrons. The van der Waals surface area contributed by atoms with E-state index in [4.69, 9.17) is 5.10 Å². The van der Waals surface area contributed by atoms with Crippen molar-refractivity contribution in [2.45, 2.75) is 57.9 Å². The predicted molar refractivity (Wildman–Crippen MR) is 142 cm³/mol.